The number of aryl methyl sites for hydroxylation is 1. The van der Waals surface area contributed by atoms with E-state index in [1.54, 1.807) is 14.0 Å². The zero-order valence-electron chi connectivity index (χ0n) is 10.9. The Morgan fingerprint density at radius 2 is 2.12 bits per heavy atom. The lowest BCUT2D eigenvalue weighted by Crippen LogP contribution is -2.15. The quantitative estimate of drug-likeness (QED) is 0.779. The van der Waals surface area contributed by atoms with Gasteiger partial charge in [-0.25, -0.2) is 0 Å². The van der Waals surface area contributed by atoms with Crippen molar-refractivity contribution in [1.29, 1.82) is 0 Å². The van der Waals surface area contributed by atoms with Crippen LogP contribution in [0, 0.1) is 5.41 Å². The van der Waals surface area contributed by atoms with Crippen LogP contribution >= 0.6 is 0 Å². The molecule has 1 fully saturated rings. The Labute approximate surface area is 103 Å². The lowest BCUT2D eigenvalue weighted by atomic mass is 9.92. The number of hydrogen-bond acceptors (Lipinski definition) is 2. The van der Waals surface area contributed by atoms with Crippen molar-refractivity contribution < 1.29 is 9.53 Å². The summed E-state index contributed by atoms with van der Waals surface area (Å²) >= 11 is 0. The molecule has 1 aromatic rings. The van der Waals surface area contributed by atoms with Gasteiger partial charge in [0, 0.05) is 5.41 Å². The third-order valence-electron chi connectivity index (χ3n) is 3.87. The smallest absolute Gasteiger partial charge is 0.136 e. The molecule has 92 valence electrons. The summed E-state index contributed by atoms with van der Waals surface area (Å²) in [6, 6.07) is 6.28. The second-order valence-corrected chi connectivity index (χ2v) is 5.01. The van der Waals surface area contributed by atoms with Crippen molar-refractivity contribution in [2.24, 2.45) is 5.41 Å². The topological polar surface area (TPSA) is 26.3 Å². The van der Waals surface area contributed by atoms with Gasteiger partial charge in [-0.05, 0) is 49.8 Å². The van der Waals surface area contributed by atoms with E-state index in [9.17, 15) is 4.79 Å². The van der Waals surface area contributed by atoms with Gasteiger partial charge < -0.3 is 4.74 Å². The van der Waals surface area contributed by atoms with Crippen LogP contribution in [0.4, 0.5) is 0 Å². The average Bonchev–Trinajstić information content (AvgIpc) is 3.10. The molecular formula is C15H20O2. The predicted molar refractivity (Wildman–Crippen MR) is 68.4 cm³/mol. The van der Waals surface area contributed by atoms with Crippen molar-refractivity contribution in [3.8, 4) is 5.75 Å². The summed E-state index contributed by atoms with van der Waals surface area (Å²) in [5, 5.41) is 0. The van der Waals surface area contributed by atoms with Gasteiger partial charge in [-0.3, -0.25) is 4.79 Å². The van der Waals surface area contributed by atoms with Crippen molar-refractivity contribution >= 4 is 5.78 Å². The Hall–Kier alpha value is -1.31. The Balaban J connectivity index is 2.20. The minimum absolute atomic E-state index is 0.0421. The molecule has 0 radical (unpaired) electrons. The molecule has 1 aliphatic rings. The normalized spacial score (nSPS) is 16.6. The average molecular weight is 232 g/mol. The number of methoxy groups -OCH3 is 1. The second kappa shape index (κ2) is 4.52. The van der Waals surface area contributed by atoms with E-state index in [-0.39, 0.29) is 5.41 Å². The first-order valence-electron chi connectivity index (χ1n) is 6.28. The summed E-state index contributed by atoms with van der Waals surface area (Å²) in [5.41, 5.74) is 2.44. The Kier molecular flexibility index (Phi) is 3.23. The molecule has 17 heavy (non-hydrogen) atoms. The van der Waals surface area contributed by atoms with Crippen molar-refractivity contribution in [2.75, 3.05) is 7.11 Å². The fourth-order valence-corrected chi connectivity index (χ4v) is 2.41. The van der Waals surface area contributed by atoms with Gasteiger partial charge in [0.25, 0.3) is 0 Å². The van der Waals surface area contributed by atoms with Crippen LogP contribution in [0.1, 0.15) is 37.8 Å². The summed E-state index contributed by atoms with van der Waals surface area (Å²) in [5.74, 6) is 1.29. The number of benzene rings is 1. The zero-order valence-corrected chi connectivity index (χ0v) is 10.9. The van der Waals surface area contributed by atoms with E-state index in [0.29, 0.717) is 5.78 Å². The van der Waals surface area contributed by atoms with Gasteiger partial charge in [-0.2, -0.15) is 0 Å². The van der Waals surface area contributed by atoms with Gasteiger partial charge in [0.05, 0.1) is 7.11 Å². The predicted octanol–water partition coefficient (Wildman–Crippen LogP) is 3.17. The van der Waals surface area contributed by atoms with Gasteiger partial charge in [0.1, 0.15) is 11.5 Å². The SMILES string of the molecule is CCc1cc(CC2(C(C)=O)CC2)ccc1OC. The first-order valence-corrected chi connectivity index (χ1v) is 6.28. The number of carbonyl (C=O) groups is 1. The van der Waals surface area contributed by atoms with Gasteiger partial charge in [0.15, 0.2) is 0 Å². The molecule has 1 aromatic carbocycles. The molecule has 0 bridgehead atoms. The molecule has 0 saturated heterocycles. The van der Waals surface area contributed by atoms with E-state index in [1.165, 1.54) is 11.1 Å². The van der Waals surface area contributed by atoms with Crippen LogP contribution < -0.4 is 4.74 Å². The zero-order chi connectivity index (χ0) is 12.5. The number of carbonyl (C=O) groups excluding carboxylic acids is 1. The standard InChI is InChI=1S/C15H20O2/c1-4-13-9-12(5-6-14(13)17-3)10-15(7-8-15)11(2)16/h5-6,9H,4,7-8,10H2,1-3H3. The number of ketones is 1. The number of Topliss-reactive ketones (excluding diaryl/α,β-unsaturated/α-hetero) is 1. The van der Waals surface area contributed by atoms with Crippen LogP contribution in [-0.2, 0) is 17.6 Å². The lowest BCUT2D eigenvalue weighted by molar-refractivity contribution is -0.121. The molecule has 0 heterocycles. The molecule has 2 rings (SSSR count). The number of rotatable bonds is 5. The highest BCUT2D eigenvalue weighted by atomic mass is 16.5. The van der Waals surface area contributed by atoms with Gasteiger partial charge >= 0.3 is 0 Å². The van der Waals surface area contributed by atoms with Crippen molar-refractivity contribution in [2.45, 2.75) is 39.5 Å². The van der Waals surface area contributed by atoms with Crippen LogP contribution in [0.25, 0.3) is 0 Å². The molecule has 1 saturated carbocycles. The molecule has 0 N–H and O–H groups in total. The highest BCUT2D eigenvalue weighted by molar-refractivity contribution is 5.85. The first kappa shape index (κ1) is 12.2. The number of hydrogen-bond donors (Lipinski definition) is 0. The highest BCUT2D eigenvalue weighted by Crippen LogP contribution is 2.49. The summed E-state index contributed by atoms with van der Waals surface area (Å²) in [6.45, 7) is 3.84. The number of ether oxygens (including phenoxy) is 1. The van der Waals surface area contributed by atoms with Gasteiger partial charge in [-0.1, -0.05) is 19.1 Å². The summed E-state index contributed by atoms with van der Waals surface area (Å²) < 4.78 is 5.32. The maximum Gasteiger partial charge on any atom is 0.136 e. The molecule has 2 heteroatoms. The molecule has 0 spiro atoms. The molecule has 0 unspecified atom stereocenters. The minimum atomic E-state index is -0.0421. The molecule has 0 amide bonds. The molecule has 1 aliphatic carbocycles. The maximum absolute atomic E-state index is 11.6. The molecule has 0 aromatic heterocycles. The van der Waals surface area contributed by atoms with Crippen LogP contribution in [0.15, 0.2) is 18.2 Å². The van der Waals surface area contributed by atoms with Crippen LogP contribution in [0.3, 0.4) is 0 Å². The van der Waals surface area contributed by atoms with E-state index in [4.69, 9.17) is 4.74 Å². The lowest BCUT2D eigenvalue weighted by Gasteiger charge is -2.13. The summed E-state index contributed by atoms with van der Waals surface area (Å²) in [7, 11) is 1.70. The second-order valence-electron chi connectivity index (χ2n) is 5.01. The maximum atomic E-state index is 11.6. The van der Waals surface area contributed by atoms with E-state index in [1.807, 2.05) is 6.07 Å². The Morgan fingerprint density at radius 1 is 1.41 bits per heavy atom. The van der Waals surface area contributed by atoms with Crippen molar-refractivity contribution in [1.82, 2.24) is 0 Å². The Bertz CT molecular complexity index is 431. The Morgan fingerprint density at radius 3 is 2.59 bits per heavy atom. The third-order valence-corrected chi connectivity index (χ3v) is 3.87. The largest absolute Gasteiger partial charge is 0.496 e. The van der Waals surface area contributed by atoms with Crippen molar-refractivity contribution in [3.63, 3.8) is 0 Å². The van der Waals surface area contributed by atoms with E-state index in [2.05, 4.69) is 19.1 Å². The first-order chi connectivity index (χ1) is 8.11. The van der Waals surface area contributed by atoms with Gasteiger partial charge in [-0.15, -0.1) is 0 Å². The molecule has 0 aliphatic heterocycles. The van der Waals surface area contributed by atoms with E-state index >= 15 is 0 Å². The van der Waals surface area contributed by atoms with E-state index in [0.717, 1.165) is 31.4 Å². The minimum Gasteiger partial charge on any atom is -0.496 e. The van der Waals surface area contributed by atoms with Gasteiger partial charge in [0.2, 0.25) is 0 Å². The fraction of sp³-hybridized carbons (Fsp3) is 0.533. The monoisotopic (exact) mass is 232 g/mol. The molecule has 0 atom stereocenters. The van der Waals surface area contributed by atoms with Crippen LogP contribution in [0.2, 0.25) is 0 Å². The molecule has 2 nitrogen and oxygen atoms in total. The van der Waals surface area contributed by atoms with Crippen molar-refractivity contribution in [3.05, 3.63) is 29.3 Å². The van der Waals surface area contributed by atoms with E-state index < -0.39 is 0 Å². The van der Waals surface area contributed by atoms with Crippen LogP contribution in [0.5, 0.6) is 5.75 Å². The third kappa shape index (κ3) is 2.36. The summed E-state index contributed by atoms with van der Waals surface area (Å²) in [6.07, 6.45) is 3.95. The fourth-order valence-electron chi connectivity index (χ4n) is 2.41. The van der Waals surface area contributed by atoms with Crippen LogP contribution in [-0.4, -0.2) is 12.9 Å². The highest BCUT2D eigenvalue weighted by Gasteiger charge is 2.46. The summed E-state index contributed by atoms with van der Waals surface area (Å²) in [4.78, 5) is 11.6. The molecular weight excluding hydrogens is 212 g/mol.